The van der Waals surface area contributed by atoms with Crippen LogP contribution in [-0.2, 0) is 11.3 Å². The number of ether oxygens (including phenoxy) is 1. The highest BCUT2D eigenvalue weighted by molar-refractivity contribution is 6.01. The predicted molar refractivity (Wildman–Crippen MR) is 124 cm³/mol. The first kappa shape index (κ1) is 19.3. The Labute approximate surface area is 185 Å². The number of nitrogens with one attached hydrogen (secondary N) is 2. The van der Waals surface area contributed by atoms with Gasteiger partial charge in [0.1, 0.15) is 5.76 Å². The van der Waals surface area contributed by atoms with Gasteiger partial charge in [-0.1, -0.05) is 12.1 Å². The molecule has 1 fully saturated rings. The van der Waals surface area contributed by atoms with Crippen molar-refractivity contribution >= 4 is 21.8 Å². The van der Waals surface area contributed by atoms with Gasteiger partial charge in [-0.25, -0.2) is 4.98 Å². The Morgan fingerprint density at radius 1 is 1.00 bits per heavy atom. The van der Waals surface area contributed by atoms with Crippen molar-refractivity contribution in [3.63, 3.8) is 0 Å². The summed E-state index contributed by atoms with van der Waals surface area (Å²) in [6.45, 7) is 6.73. The van der Waals surface area contributed by atoms with E-state index in [1.807, 2.05) is 18.6 Å². The molecule has 0 spiro atoms. The molecule has 2 aromatic carbocycles. The van der Waals surface area contributed by atoms with E-state index < -0.39 is 0 Å². The van der Waals surface area contributed by atoms with E-state index >= 15 is 0 Å². The van der Waals surface area contributed by atoms with E-state index in [4.69, 9.17) is 9.15 Å². The van der Waals surface area contributed by atoms with E-state index in [0.29, 0.717) is 5.89 Å². The van der Waals surface area contributed by atoms with Gasteiger partial charge in [0.15, 0.2) is 0 Å². The molecule has 0 saturated carbocycles. The van der Waals surface area contributed by atoms with Crippen LogP contribution < -0.4 is 0 Å². The summed E-state index contributed by atoms with van der Waals surface area (Å²) < 4.78 is 12.1. The Balaban J connectivity index is 1.38. The maximum atomic E-state index is 6.24. The maximum Gasteiger partial charge on any atom is 0.227 e. The molecule has 5 aromatic rings. The second kappa shape index (κ2) is 7.62. The van der Waals surface area contributed by atoms with E-state index in [9.17, 15) is 0 Å². The largest absolute Gasteiger partial charge is 0.440 e. The molecule has 0 aliphatic carbocycles. The van der Waals surface area contributed by atoms with Crippen LogP contribution in [-0.4, -0.2) is 50.4 Å². The van der Waals surface area contributed by atoms with Crippen LogP contribution in [0.3, 0.4) is 0 Å². The highest BCUT2D eigenvalue weighted by Gasteiger charge is 2.23. The average Bonchev–Trinajstić information content (AvgIpc) is 3.52. The molecule has 2 N–H and O–H groups in total. The summed E-state index contributed by atoms with van der Waals surface area (Å²) in [7, 11) is 0. The van der Waals surface area contributed by atoms with Gasteiger partial charge in [0.2, 0.25) is 5.89 Å². The van der Waals surface area contributed by atoms with Gasteiger partial charge < -0.3 is 14.1 Å². The molecule has 0 amide bonds. The molecule has 1 saturated heterocycles. The Morgan fingerprint density at radius 2 is 1.88 bits per heavy atom. The number of morpholine rings is 1. The van der Waals surface area contributed by atoms with Crippen LogP contribution in [0.15, 0.2) is 59.4 Å². The fourth-order valence-electron chi connectivity index (χ4n) is 4.86. The lowest BCUT2D eigenvalue weighted by Gasteiger charge is -2.34. The standard InChI is InChI=1S/C25H25N5O2/c1-15-12-30(13-16(2)31-15)14-18-10-27-25(32-18)21-8-17(9-24-22(21)11-28-29-24)19-4-3-5-23-20(19)6-7-26-23/h3-11,15-16,26H,12-14H2,1-2H3,(H,28,29). The van der Waals surface area contributed by atoms with Crippen molar-refractivity contribution < 1.29 is 9.15 Å². The fourth-order valence-corrected chi connectivity index (χ4v) is 4.86. The van der Waals surface area contributed by atoms with Gasteiger partial charge in [-0.05, 0) is 49.2 Å². The quantitative estimate of drug-likeness (QED) is 0.423. The van der Waals surface area contributed by atoms with Gasteiger partial charge in [-0.15, -0.1) is 0 Å². The maximum absolute atomic E-state index is 6.24. The normalized spacial score (nSPS) is 19.8. The molecule has 3 aromatic heterocycles. The molecule has 32 heavy (non-hydrogen) atoms. The van der Waals surface area contributed by atoms with E-state index in [0.717, 1.165) is 58.5 Å². The van der Waals surface area contributed by atoms with E-state index in [2.05, 4.69) is 75.3 Å². The third kappa shape index (κ3) is 3.39. The van der Waals surface area contributed by atoms with Crippen molar-refractivity contribution in [2.45, 2.75) is 32.6 Å². The summed E-state index contributed by atoms with van der Waals surface area (Å²) in [5.41, 5.74) is 5.26. The molecule has 4 heterocycles. The van der Waals surface area contributed by atoms with Crippen molar-refractivity contribution in [2.24, 2.45) is 0 Å². The fraction of sp³-hybridized carbons (Fsp3) is 0.280. The zero-order valence-corrected chi connectivity index (χ0v) is 18.1. The minimum Gasteiger partial charge on any atom is -0.440 e. The second-order valence-corrected chi connectivity index (χ2v) is 8.68. The van der Waals surface area contributed by atoms with Gasteiger partial charge in [0, 0.05) is 41.1 Å². The van der Waals surface area contributed by atoms with Crippen LogP contribution in [0.5, 0.6) is 0 Å². The number of rotatable bonds is 4. The summed E-state index contributed by atoms with van der Waals surface area (Å²) in [4.78, 5) is 10.3. The third-order valence-corrected chi connectivity index (χ3v) is 6.12. The van der Waals surface area contributed by atoms with E-state index in [1.54, 1.807) is 0 Å². The Hall–Kier alpha value is -3.42. The van der Waals surface area contributed by atoms with Gasteiger partial charge >= 0.3 is 0 Å². The summed E-state index contributed by atoms with van der Waals surface area (Å²) in [6, 6.07) is 12.7. The third-order valence-electron chi connectivity index (χ3n) is 6.12. The minimum absolute atomic E-state index is 0.222. The Bertz CT molecular complexity index is 1390. The zero-order valence-electron chi connectivity index (χ0n) is 18.1. The first-order valence-electron chi connectivity index (χ1n) is 11.0. The molecule has 0 radical (unpaired) electrons. The van der Waals surface area contributed by atoms with Crippen LogP contribution in [0.2, 0.25) is 0 Å². The molecule has 0 bridgehead atoms. The number of H-pyrrole nitrogens is 2. The van der Waals surface area contributed by atoms with Gasteiger partial charge in [-0.2, -0.15) is 5.10 Å². The number of oxazole rings is 1. The van der Waals surface area contributed by atoms with Crippen molar-refractivity contribution in [2.75, 3.05) is 13.1 Å². The molecule has 7 heteroatoms. The highest BCUT2D eigenvalue weighted by atomic mass is 16.5. The number of fused-ring (bicyclic) bond motifs is 2. The van der Waals surface area contributed by atoms with Crippen LogP contribution in [0.1, 0.15) is 19.6 Å². The molecule has 162 valence electrons. The van der Waals surface area contributed by atoms with Crippen LogP contribution in [0.4, 0.5) is 0 Å². The minimum atomic E-state index is 0.222. The number of aromatic amines is 2. The van der Waals surface area contributed by atoms with E-state index in [1.165, 1.54) is 5.39 Å². The summed E-state index contributed by atoms with van der Waals surface area (Å²) in [5.74, 6) is 1.47. The molecule has 2 unspecified atom stereocenters. The average molecular weight is 428 g/mol. The van der Waals surface area contributed by atoms with Crippen molar-refractivity contribution in [1.29, 1.82) is 0 Å². The summed E-state index contributed by atoms with van der Waals surface area (Å²) in [5, 5.41) is 9.56. The summed E-state index contributed by atoms with van der Waals surface area (Å²) in [6.07, 6.45) is 6.09. The monoisotopic (exact) mass is 427 g/mol. The predicted octanol–water partition coefficient (Wildman–Crippen LogP) is 4.98. The smallest absolute Gasteiger partial charge is 0.227 e. The summed E-state index contributed by atoms with van der Waals surface area (Å²) >= 11 is 0. The van der Waals surface area contributed by atoms with Gasteiger partial charge in [-0.3, -0.25) is 10.00 Å². The van der Waals surface area contributed by atoms with Gasteiger partial charge in [0.05, 0.1) is 36.7 Å². The second-order valence-electron chi connectivity index (χ2n) is 8.68. The van der Waals surface area contributed by atoms with Gasteiger partial charge in [0.25, 0.3) is 0 Å². The Kier molecular flexibility index (Phi) is 4.59. The molecule has 1 aliphatic rings. The van der Waals surface area contributed by atoms with Crippen molar-refractivity contribution in [3.05, 3.63) is 60.7 Å². The SMILES string of the molecule is CC1CN(Cc2cnc(-c3cc(-c4cccc5[nH]ccc45)cc4[nH]ncc34)o2)CC(C)O1. The van der Waals surface area contributed by atoms with Crippen LogP contribution >= 0.6 is 0 Å². The number of nitrogens with zero attached hydrogens (tertiary/aromatic N) is 3. The molecule has 1 aliphatic heterocycles. The first-order valence-corrected chi connectivity index (χ1v) is 11.0. The molecule has 6 rings (SSSR count). The molecular weight excluding hydrogens is 402 g/mol. The molecular formula is C25H25N5O2. The number of hydrogen-bond donors (Lipinski definition) is 2. The Morgan fingerprint density at radius 3 is 2.75 bits per heavy atom. The number of benzene rings is 2. The lowest BCUT2D eigenvalue weighted by molar-refractivity contribution is -0.0718. The highest BCUT2D eigenvalue weighted by Crippen LogP contribution is 2.36. The topological polar surface area (TPSA) is 83.0 Å². The van der Waals surface area contributed by atoms with Crippen LogP contribution in [0.25, 0.3) is 44.4 Å². The number of aromatic nitrogens is 4. The van der Waals surface area contributed by atoms with E-state index in [-0.39, 0.29) is 12.2 Å². The first-order chi connectivity index (χ1) is 15.6. The van der Waals surface area contributed by atoms with Crippen molar-refractivity contribution in [1.82, 2.24) is 25.1 Å². The molecule has 2 atom stereocenters. The van der Waals surface area contributed by atoms with Crippen LogP contribution in [0, 0.1) is 0 Å². The number of hydrogen-bond acceptors (Lipinski definition) is 5. The lowest BCUT2D eigenvalue weighted by Crippen LogP contribution is -2.44. The van der Waals surface area contributed by atoms with Crippen molar-refractivity contribution in [3.8, 4) is 22.6 Å². The zero-order chi connectivity index (χ0) is 21.7. The molecule has 7 nitrogen and oxygen atoms in total. The lowest BCUT2D eigenvalue weighted by atomic mass is 9.98.